The van der Waals surface area contributed by atoms with Crippen molar-refractivity contribution in [3.8, 4) is 11.5 Å². The van der Waals surface area contributed by atoms with Crippen LogP contribution in [0.4, 0.5) is 0 Å². The summed E-state index contributed by atoms with van der Waals surface area (Å²) in [6, 6.07) is 23.9. The molecule has 0 amide bonds. The van der Waals surface area contributed by atoms with Crippen LogP contribution in [0.2, 0.25) is 0 Å². The Morgan fingerprint density at radius 3 is 0.854 bits per heavy atom. The van der Waals surface area contributed by atoms with Gasteiger partial charge >= 0.3 is 47.8 Å². The normalized spacial score (nSPS) is 10.9. The Morgan fingerprint density at radius 1 is 0.317 bits per heavy atom. The molecular weight excluding hydrogens is 1080 g/mol. The van der Waals surface area contributed by atoms with Crippen LogP contribution in [-0.4, -0.2) is 149 Å². The minimum Gasteiger partial charge on any atom is -0.490 e. The lowest BCUT2D eigenvalue weighted by Crippen LogP contribution is -2.30. The first-order valence-electron chi connectivity index (χ1n) is 23.8. The van der Waals surface area contributed by atoms with Crippen LogP contribution in [0.5, 0.6) is 11.5 Å². The van der Waals surface area contributed by atoms with Crippen LogP contribution in [0.3, 0.4) is 0 Å². The quantitative estimate of drug-likeness (QED) is 0.0184. The number of benzene rings is 6. The summed E-state index contributed by atoms with van der Waals surface area (Å²) in [5, 5.41) is 75.6. The van der Waals surface area contributed by atoms with Crippen LogP contribution in [0.1, 0.15) is 163 Å². The van der Waals surface area contributed by atoms with Crippen LogP contribution >= 0.6 is 0 Å². The van der Waals surface area contributed by atoms with Gasteiger partial charge in [0.2, 0.25) is 0 Å². The molecule has 424 valence electrons. The highest BCUT2D eigenvalue weighted by atomic mass is 16.6. The summed E-state index contributed by atoms with van der Waals surface area (Å²) in [6.45, 7) is 4.64. The van der Waals surface area contributed by atoms with E-state index >= 15 is 0 Å². The zero-order valence-electron chi connectivity index (χ0n) is 43.5. The second-order valence-corrected chi connectivity index (χ2v) is 18.3. The Labute approximate surface area is 462 Å². The summed E-state index contributed by atoms with van der Waals surface area (Å²) in [4.78, 5) is 144. The van der Waals surface area contributed by atoms with Gasteiger partial charge in [-0.2, -0.15) is 0 Å². The van der Waals surface area contributed by atoms with Crippen molar-refractivity contribution in [2.45, 2.75) is 38.9 Å². The number of carboxylic acid groups (broad SMARTS) is 6. The summed E-state index contributed by atoms with van der Waals surface area (Å²) in [5.41, 5.74) is -7.38. The fourth-order valence-electron chi connectivity index (χ4n) is 7.37. The lowest BCUT2D eigenvalue weighted by Gasteiger charge is -2.15. The summed E-state index contributed by atoms with van der Waals surface area (Å²) in [6.07, 6.45) is 0. The number of carbonyl (C=O) groups excluding carboxylic acids is 6. The molecule has 8 N–H and O–H groups in total. The third-order valence-electron chi connectivity index (χ3n) is 11.5. The molecule has 0 aliphatic rings. The smallest absolute Gasteiger partial charge is 0.339 e. The molecule has 0 unspecified atom stereocenters. The average molecular weight is 1130 g/mol. The number of carbonyl (C=O) groups is 12. The standard InChI is InChI=1S/2C29H24O12/c1-29(2,39)24(31)15-3-7-18(8-4-15)40-11-12-41-28(38)20-10-6-17(14-22(20)27(36)37)23(30)16-5-9-19(25(32)33)21(13-16)26(34)35;1-29(2,39)24(31)15-3-7-18(8-4-15)40-11-12-41-28(38)22-14-17(6-10-20(22)26(34)35)23(30)16-5-9-19(25(32)33)21(13-16)27(36)37/h2*3-10,13-14,39H,11-12H2,1-2H3,(H,32,33)(H,34,35)(H,36,37). The molecule has 0 heterocycles. The van der Waals surface area contributed by atoms with E-state index in [1.165, 1.54) is 76.2 Å². The highest BCUT2D eigenvalue weighted by Gasteiger charge is 2.28. The molecule has 0 aromatic heterocycles. The van der Waals surface area contributed by atoms with Crippen LogP contribution in [0.15, 0.2) is 121 Å². The number of ether oxygens (including phenoxy) is 4. The maximum Gasteiger partial charge on any atom is 0.339 e. The van der Waals surface area contributed by atoms with Gasteiger partial charge in [0.25, 0.3) is 0 Å². The summed E-state index contributed by atoms with van der Waals surface area (Å²) in [7, 11) is 0. The highest BCUT2D eigenvalue weighted by molar-refractivity contribution is 6.15. The van der Waals surface area contributed by atoms with Crippen LogP contribution < -0.4 is 9.47 Å². The molecule has 0 aliphatic carbocycles. The highest BCUT2D eigenvalue weighted by Crippen LogP contribution is 2.24. The van der Waals surface area contributed by atoms with E-state index in [0.29, 0.717) is 11.5 Å². The first-order valence-corrected chi connectivity index (χ1v) is 23.8. The third kappa shape index (κ3) is 15.7. The molecule has 6 rings (SSSR count). The zero-order valence-corrected chi connectivity index (χ0v) is 43.5. The topological polar surface area (TPSA) is 404 Å². The number of aliphatic hydroxyl groups is 2. The molecule has 0 spiro atoms. The molecule has 0 saturated heterocycles. The van der Waals surface area contributed by atoms with E-state index in [1.54, 1.807) is 0 Å². The second kappa shape index (κ2) is 26.3. The van der Waals surface area contributed by atoms with Crippen LogP contribution in [-0.2, 0) is 9.47 Å². The summed E-state index contributed by atoms with van der Waals surface area (Å²) >= 11 is 0. The van der Waals surface area contributed by atoms with Gasteiger partial charge in [0.1, 0.15) is 49.1 Å². The molecule has 0 fully saturated rings. The van der Waals surface area contributed by atoms with Gasteiger partial charge in [-0.3, -0.25) is 19.2 Å². The Hall–Kier alpha value is -10.7. The van der Waals surface area contributed by atoms with Gasteiger partial charge in [-0.25, -0.2) is 38.4 Å². The monoisotopic (exact) mass is 1130 g/mol. The second-order valence-electron chi connectivity index (χ2n) is 18.3. The van der Waals surface area contributed by atoms with Crippen molar-refractivity contribution in [3.63, 3.8) is 0 Å². The predicted molar refractivity (Wildman–Crippen MR) is 280 cm³/mol. The number of aromatic carboxylic acids is 6. The average Bonchev–Trinajstić information content (AvgIpc) is 3.46. The Morgan fingerprint density at radius 2 is 0.561 bits per heavy atom. The van der Waals surface area contributed by atoms with Crippen molar-refractivity contribution in [1.29, 1.82) is 0 Å². The maximum absolute atomic E-state index is 13.0. The molecule has 6 aromatic rings. The molecule has 0 aliphatic heterocycles. The Kier molecular flexibility index (Phi) is 19.9. The molecule has 82 heavy (non-hydrogen) atoms. The maximum atomic E-state index is 13.0. The van der Waals surface area contributed by atoms with E-state index in [0.717, 1.165) is 72.8 Å². The SMILES string of the molecule is CC(C)(O)C(=O)c1ccc(OCCOC(=O)c2cc(C(=O)c3ccc(C(=O)O)c(C(=O)O)c3)ccc2C(=O)O)cc1.CC(C)(O)C(=O)c1ccc(OCCOC(=O)c2ccc(C(=O)c3ccc(C(=O)O)c(C(=O)O)c3)cc2C(=O)O)cc1. The Balaban J connectivity index is 0.000000301. The molecular formula is C58H48O24. The van der Waals surface area contributed by atoms with E-state index in [4.69, 9.17) is 29.2 Å². The minimum absolute atomic E-state index is 0.109. The zero-order chi connectivity index (χ0) is 61.0. The Bertz CT molecular complexity index is 3560. The molecule has 0 bridgehead atoms. The van der Waals surface area contributed by atoms with Gasteiger partial charge < -0.3 is 59.8 Å². The third-order valence-corrected chi connectivity index (χ3v) is 11.5. The predicted octanol–water partition coefficient (Wildman–Crippen LogP) is 6.40. The number of hydrogen-bond acceptors (Lipinski definition) is 18. The van der Waals surface area contributed by atoms with Gasteiger partial charge in [0, 0.05) is 33.4 Å². The van der Waals surface area contributed by atoms with E-state index in [-0.39, 0.29) is 65.4 Å². The molecule has 24 heteroatoms. The lowest BCUT2D eigenvalue weighted by atomic mass is 9.95. The number of esters is 2. The first kappa shape index (κ1) is 62.1. The number of rotatable bonds is 24. The van der Waals surface area contributed by atoms with Gasteiger partial charge in [0.05, 0.1) is 44.5 Å². The number of ketones is 4. The lowest BCUT2D eigenvalue weighted by molar-refractivity contribution is 0.0437. The van der Waals surface area contributed by atoms with Gasteiger partial charge in [-0.15, -0.1) is 0 Å². The van der Waals surface area contributed by atoms with Gasteiger partial charge in [-0.1, -0.05) is 24.3 Å². The fourth-order valence-corrected chi connectivity index (χ4v) is 7.37. The summed E-state index contributed by atoms with van der Waals surface area (Å²) in [5.74, 6) is -13.1. The van der Waals surface area contributed by atoms with Crippen molar-refractivity contribution in [2.24, 2.45) is 0 Å². The van der Waals surface area contributed by atoms with Crippen molar-refractivity contribution >= 4 is 70.9 Å². The van der Waals surface area contributed by atoms with Gasteiger partial charge in [-0.05, 0) is 125 Å². The molecule has 6 aromatic carbocycles. The fraction of sp³-hybridized carbons (Fsp3) is 0.172. The van der Waals surface area contributed by atoms with Crippen molar-refractivity contribution in [3.05, 3.63) is 199 Å². The van der Waals surface area contributed by atoms with Gasteiger partial charge in [0.15, 0.2) is 23.1 Å². The van der Waals surface area contributed by atoms with Crippen LogP contribution in [0.25, 0.3) is 0 Å². The van der Waals surface area contributed by atoms with Crippen molar-refractivity contribution < 1.29 is 117 Å². The minimum atomic E-state index is -1.57. The largest absolute Gasteiger partial charge is 0.490 e. The molecule has 0 saturated carbocycles. The van der Waals surface area contributed by atoms with E-state index < -0.39 is 121 Å². The van der Waals surface area contributed by atoms with Crippen LogP contribution in [0, 0.1) is 0 Å². The van der Waals surface area contributed by atoms with Crippen molar-refractivity contribution in [1.82, 2.24) is 0 Å². The number of hydrogen-bond donors (Lipinski definition) is 8. The number of Topliss-reactive ketones (excluding diaryl/α,β-unsaturated/α-hetero) is 2. The van der Waals surface area contributed by atoms with Crippen molar-refractivity contribution in [2.75, 3.05) is 26.4 Å². The van der Waals surface area contributed by atoms with E-state index in [1.807, 2.05) is 0 Å². The molecule has 24 nitrogen and oxygen atoms in total. The van der Waals surface area contributed by atoms with E-state index in [2.05, 4.69) is 0 Å². The molecule has 0 radical (unpaired) electrons. The number of carboxylic acids is 6. The molecule has 0 atom stereocenters. The van der Waals surface area contributed by atoms with E-state index in [9.17, 15) is 88.2 Å². The summed E-state index contributed by atoms with van der Waals surface area (Å²) < 4.78 is 21.1. The first-order chi connectivity index (χ1) is 38.4.